The molecular weight excluding hydrogens is 246 g/mol. The summed E-state index contributed by atoms with van der Waals surface area (Å²) >= 11 is 0. The number of carbonyl (C=O) groups is 1. The maximum Gasteiger partial charge on any atom is 0.284 e. The number of nitrogens with one attached hydrogen (secondary N) is 2. The van der Waals surface area contributed by atoms with E-state index in [4.69, 9.17) is 5.84 Å². The second-order valence-corrected chi connectivity index (χ2v) is 4.59. The molecule has 104 valence electrons. The maximum atomic E-state index is 12.1. The van der Waals surface area contributed by atoms with Crippen molar-refractivity contribution in [1.29, 1.82) is 0 Å². The zero-order valence-electron chi connectivity index (χ0n) is 11.2. The van der Waals surface area contributed by atoms with Crippen LogP contribution >= 0.6 is 0 Å². The Balaban J connectivity index is 2.01. The third kappa shape index (κ3) is 3.60. The summed E-state index contributed by atoms with van der Waals surface area (Å²) in [4.78, 5) is 22.4. The van der Waals surface area contributed by atoms with Gasteiger partial charge in [-0.3, -0.25) is 15.6 Å². The lowest BCUT2D eigenvalue weighted by Gasteiger charge is -2.32. The van der Waals surface area contributed by atoms with Crippen molar-refractivity contribution >= 4 is 11.9 Å². The van der Waals surface area contributed by atoms with E-state index in [1.54, 1.807) is 13.0 Å². The van der Waals surface area contributed by atoms with Gasteiger partial charge in [0.25, 0.3) is 5.91 Å². The highest BCUT2D eigenvalue weighted by Gasteiger charge is 2.17. The molecule has 1 fully saturated rings. The lowest BCUT2D eigenvalue weighted by atomic mass is 10.3. The zero-order valence-corrected chi connectivity index (χ0v) is 11.2. The predicted molar refractivity (Wildman–Crippen MR) is 71.1 cm³/mol. The quantitative estimate of drug-likeness (QED) is 0.474. The number of nitrogen functional groups attached to an aromatic ring is 1. The molecular formula is C11H19N7O. The minimum Gasteiger partial charge on any atom is -0.304 e. The van der Waals surface area contributed by atoms with E-state index in [1.165, 1.54) is 0 Å². The molecule has 0 aliphatic carbocycles. The second-order valence-electron chi connectivity index (χ2n) is 4.59. The van der Waals surface area contributed by atoms with Crippen molar-refractivity contribution < 1.29 is 4.79 Å². The van der Waals surface area contributed by atoms with Crippen molar-refractivity contribution in [2.24, 2.45) is 5.84 Å². The first-order valence-corrected chi connectivity index (χ1v) is 6.15. The third-order valence-corrected chi connectivity index (χ3v) is 2.98. The summed E-state index contributed by atoms with van der Waals surface area (Å²) in [6.07, 6.45) is 0. The molecule has 0 unspecified atom stereocenters. The van der Waals surface area contributed by atoms with Gasteiger partial charge in [0, 0.05) is 31.9 Å². The van der Waals surface area contributed by atoms with Crippen LogP contribution in [-0.2, 0) is 0 Å². The molecule has 8 nitrogen and oxygen atoms in total. The van der Waals surface area contributed by atoms with Crippen LogP contribution in [0.15, 0.2) is 6.07 Å². The summed E-state index contributed by atoms with van der Waals surface area (Å²) in [5.41, 5.74) is 6.18. The topological polar surface area (TPSA) is 99.4 Å². The van der Waals surface area contributed by atoms with Gasteiger partial charge in [-0.25, -0.2) is 20.8 Å². The molecule has 0 radical (unpaired) electrons. The number of hydrogen-bond acceptors (Lipinski definition) is 7. The van der Waals surface area contributed by atoms with Gasteiger partial charge in [-0.15, -0.1) is 0 Å². The molecule has 1 saturated heterocycles. The Kier molecular flexibility index (Phi) is 4.25. The van der Waals surface area contributed by atoms with Gasteiger partial charge in [0.1, 0.15) is 5.69 Å². The number of nitrogens with zero attached hydrogens (tertiary/aromatic N) is 4. The van der Waals surface area contributed by atoms with Crippen LogP contribution in [0.2, 0.25) is 0 Å². The Hall–Kier alpha value is -1.77. The molecule has 1 aromatic heterocycles. The monoisotopic (exact) mass is 265 g/mol. The minimum atomic E-state index is -0.244. The number of hydrogen-bond donors (Lipinski definition) is 3. The lowest BCUT2D eigenvalue weighted by Crippen LogP contribution is -2.52. The van der Waals surface area contributed by atoms with E-state index in [-0.39, 0.29) is 11.9 Å². The molecule has 19 heavy (non-hydrogen) atoms. The zero-order chi connectivity index (χ0) is 13.8. The van der Waals surface area contributed by atoms with E-state index < -0.39 is 0 Å². The van der Waals surface area contributed by atoms with E-state index in [1.807, 2.05) is 5.01 Å². The van der Waals surface area contributed by atoms with Crippen molar-refractivity contribution in [3.8, 4) is 0 Å². The van der Waals surface area contributed by atoms with Crippen LogP contribution in [0.5, 0.6) is 0 Å². The molecule has 4 N–H and O–H groups in total. The summed E-state index contributed by atoms with van der Waals surface area (Å²) < 4.78 is 0. The first-order chi connectivity index (χ1) is 9.08. The van der Waals surface area contributed by atoms with Gasteiger partial charge >= 0.3 is 0 Å². The Labute approximate surface area is 111 Å². The number of amides is 1. The molecule has 8 heteroatoms. The fourth-order valence-electron chi connectivity index (χ4n) is 1.87. The van der Waals surface area contributed by atoms with Gasteiger partial charge in [-0.2, -0.15) is 0 Å². The summed E-state index contributed by atoms with van der Waals surface area (Å²) in [7, 11) is 2.06. The Morgan fingerprint density at radius 1 is 1.32 bits per heavy atom. The molecule has 0 bridgehead atoms. The van der Waals surface area contributed by atoms with Gasteiger partial charge in [0.2, 0.25) is 5.95 Å². The van der Waals surface area contributed by atoms with Crippen LogP contribution in [0.3, 0.4) is 0 Å². The molecule has 2 heterocycles. The smallest absolute Gasteiger partial charge is 0.284 e. The van der Waals surface area contributed by atoms with Crippen molar-refractivity contribution in [1.82, 2.24) is 25.3 Å². The molecule has 1 aromatic rings. The number of hydrazine groups is 2. The van der Waals surface area contributed by atoms with Gasteiger partial charge in [0.15, 0.2) is 0 Å². The van der Waals surface area contributed by atoms with E-state index in [0.717, 1.165) is 26.2 Å². The molecule has 1 aliphatic heterocycles. The Bertz CT molecular complexity index is 456. The first-order valence-electron chi connectivity index (χ1n) is 6.15. The fraction of sp³-hybridized carbons (Fsp3) is 0.545. The Morgan fingerprint density at radius 3 is 2.63 bits per heavy atom. The van der Waals surface area contributed by atoms with E-state index in [2.05, 4.69) is 32.8 Å². The van der Waals surface area contributed by atoms with E-state index in [0.29, 0.717) is 11.4 Å². The average Bonchev–Trinajstić information content (AvgIpc) is 2.40. The minimum absolute atomic E-state index is 0.239. The lowest BCUT2D eigenvalue weighted by molar-refractivity contribution is 0.0657. The summed E-state index contributed by atoms with van der Waals surface area (Å²) in [6.45, 7) is 5.25. The highest BCUT2D eigenvalue weighted by molar-refractivity contribution is 5.92. The highest BCUT2D eigenvalue weighted by atomic mass is 16.2. The van der Waals surface area contributed by atoms with E-state index >= 15 is 0 Å². The number of anilines is 1. The van der Waals surface area contributed by atoms with Crippen LogP contribution in [-0.4, -0.2) is 59.0 Å². The number of carbonyl (C=O) groups excluding carboxylic acids is 1. The maximum absolute atomic E-state index is 12.1. The van der Waals surface area contributed by atoms with Crippen LogP contribution < -0.4 is 16.7 Å². The fourth-order valence-corrected chi connectivity index (χ4v) is 1.87. The van der Waals surface area contributed by atoms with Crippen LogP contribution in [0.4, 0.5) is 5.95 Å². The van der Waals surface area contributed by atoms with Gasteiger partial charge < -0.3 is 4.90 Å². The van der Waals surface area contributed by atoms with Crippen molar-refractivity contribution in [2.75, 3.05) is 38.7 Å². The summed E-state index contributed by atoms with van der Waals surface area (Å²) in [5.74, 6) is 5.26. The van der Waals surface area contributed by atoms with Crippen molar-refractivity contribution in [3.63, 3.8) is 0 Å². The predicted octanol–water partition coefficient (Wildman–Crippen LogP) is -1.04. The largest absolute Gasteiger partial charge is 0.304 e. The molecule has 1 aliphatic rings. The van der Waals surface area contributed by atoms with Crippen molar-refractivity contribution in [3.05, 3.63) is 17.5 Å². The molecule has 0 atom stereocenters. The average molecular weight is 265 g/mol. The normalized spacial score (nSPS) is 17.2. The summed E-state index contributed by atoms with van der Waals surface area (Å²) in [5, 5.41) is 1.90. The first kappa shape index (κ1) is 13.7. The highest BCUT2D eigenvalue weighted by Crippen LogP contribution is 2.04. The van der Waals surface area contributed by atoms with Gasteiger partial charge in [0.05, 0.1) is 0 Å². The van der Waals surface area contributed by atoms with Gasteiger partial charge in [-0.05, 0) is 20.0 Å². The number of likely N-dealkylation sites (N-methyl/N-ethyl adjacent to an activating group) is 1. The van der Waals surface area contributed by atoms with Crippen LogP contribution in [0.25, 0.3) is 0 Å². The Morgan fingerprint density at radius 2 is 2.00 bits per heavy atom. The van der Waals surface area contributed by atoms with E-state index in [9.17, 15) is 4.79 Å². The standard InChI is InChI=1S/C11H19N7O/c1-8-7-9(14-11(13-8)15-12)10(19)16-18-5-3-17(2)4-6-18/h7H,3-6,12H2,1-2H3,(H,16,19)(H,13,14,15). The molecule has 1 amide bonds. The third-order valence-electron chi connectivity index (χ3n) is 2.98. The molecule has 0 saturated carbocycles. The molecule has 2 rings (SSSR count). The number of nitrogens with two attached hydrogens (primary N) is 1. The second kappa shape index (κ2) is 5.91. The molecule has 0 spiro atoms. The van der Waals surface area contributed by atoms with Crippen LogP contribution in [0, 0.1) is 6.92 Å². The number of piperazine rings is 1. The number of aryl methyl sites for hydroxylation is 1. The SMILES string of the molecule is Cc1cc(C(=O)NN2CCN(C)CC2)nc(NN)n1. The molecule has 0 aromatic carbocycles. The summed E-state index contributed by atoms with van der Waals surface area (Å²) in [6, 6.07) is 1.63. The number of rotatable bonds is 3. The number of aromatic nitrogens is 2. The van der Waals surface area contributed by atoms with Crippen molar-refractivity contribution in [2.45, 2.75) is 6.92 Å². The van der Waals surface area contributed by atoms with Gasteiger partial charge in [-0.1, -0.05) is 0 Å². The van der Waals surface area contributed by atoms with Crippen LogP contribution in [0.1, 0.15) is 16.2 Å².